The van der Waals surface area contributed by atoms with E-state index >= 15 is 0 Å². The highest BCUT2D eigenvalue weighted by Gasteiger charge is 2.32. The van der Waals surface area contributed by atoms with Gasteiger partial charge in [0, 0.05) is 23.9 Å². The summed E-state index contributed by atoms with van der Waals surface area (Å²) in [6.07, 6.45) is 0. The third kappa shape index (κ3) is 4.16. The molecule has 1 heterocycles. The van der Waals surface area contributed by atoms with Crippen LogP contribution >= 0.6 is 12.2 Å². The van der Waals surface area contributed by atoms with Crippen LogP contribution in [0, 0.1) is 13.8 Å². The lowest BCUT2D eigenvalue weighted by molar-refractivity contribution is 0.102. The minimum absolute atomic E-state index is 0.00865. The van der Waals surface area contributed by atoms with Crippen molar-refractivity contribution in [3.8, 4) is 11.5 Å². The van der Waals surface area contributed by atoms with Crippen molar-refractivity contribution in [1.82, 2.24) is 10.2 Å². The van der Waals surface area contributed by atoms with Crippen LogP contribution in [0.15, 0.2) is 84.1 Å². The monoisotopic (exact) mass is 442 g/mol. The molecule has 32 heavy (non-hydrogen) atoms. The largest absolute Gasteiger partial charge is 0.457 e. The summed E-state index contributed by atoms with van der Waals surface area (Å²) in [6, 6.07) is 22.9. The van der Waals surface area contributed by atoms with Gasteiger partial charge in [0.2, 0.25) is 0 Å². The van der Waals surface area contributed by atoms with Crippen molar-refractivity contribution in [2.75, 3.05) is 7.05 Å². The molecule has 0 radical (unpaired) electrons. The minimum atomic E-state index is -0.332. The summed E-state index contributed by atoms with van der Waals surface area (Å²) in [5.74, 6) is 1.58. The number of benzene rings is 3. The fourth-order valence-corrected chi connectivity index (χ4v) is 4.07. The van der Waals surface area contributed by atoms with Gasteiger partial charge >= 0.3 is 0 Å². The van der Waals surface area contributed by atoms with Crippen LogP contribution in [0.1, 0.15) is 40.0 Å². The number of allylic oxidation sites excluding steroid dienone is 1. The van der Waals surface area contributed by atoms with Crippen molar-refractivity contribution in [2.24, 2.45) is 0 Å². The van der Waals surface area contributed by atoms with E-state index in [1.807, 2.05) is 85.6 Å². The van der Waals surface area contributed by atoms with Gasteiger partial charge in [-0.3, -0.25) is 4.79 Å². The van der Waals surface area contributed by atoms with Gasteiger partial charge in [-0.25, -0.2) is 0 Å². The Labute approximate surface area is 194 Å². The molecule has 0 spiro atoms. The van der Waals surface area contributed by atoms with E-state index in [2.05, 4.69) is 25.2 Å². The Morgan fingerprint density at radius 1 is 0.938 bits per heavy atom. The topological polar surface area (TPSA) is 41.6 Å². The molecule has 4 nitrogen and oxygen atoms in total. The van der Waals surface area contributed by atoms with E-state index in [0.29, 0.717) is 16.2 Å². The predicted octanol–water partition coefficient (Wildman–Crippen LogP) is 6.11. The van der Waals surface area contributed by atoms with E-state index in [1.165, 1.54) is 5.56 Å². The maximum absolute atomic E-state index is 13.4. The molecule has 1 atom stereocenters. The van der Waals surface area contributed by atoms with Crippen molar-refractivity contribution in [2.45, 2.75) is 26.8 Å². The lowest BCUT2D eigenvalue weighted by atomic mass is 9.89. The fraction of sp³-hybridized carbons (Fsp3) is 0.185. The van der Waals surface area contributed by atoms with E-state index in [4.69, 9.17) is 17.0 Å². The van der Waals surface area contributed by atoms with Crippen LogP contribution in [0.3, 0.4) is 0 Å². The Bertz CT molecular complexity index is 1200. The zero-order valence-corrected chi connectivity index (χ0v) is 19.5. The van der Waals surface area contributed by atoms with Crippen LogP contribution in [0.4, 0.5) is 0 Å². The van der Waals surface area contributed by atoms with Crippen LogP contribution in [-0.4, -0.2) is 22.8 Å². The quantitative estimate of drug-likeness (QED) is 0.381. The first-order valence-corrected chi connectivity index (χ1v) is 11.0. The maximum atomic E-state index is 13.4. The number of aryl methyl sites for hydroxylation is 1. The van der Waals surface area contributed by atoms with Gasteiger partial charge < -0.3 is 15.0 Å². The number of nitrogens with zero attached hydrogens (tertiary/aromatic N) is 1. The smallest absolute Gasteiger partial charge is 0.193 e. The third-order valence-electron chi connectivity index (χ3n) is 6.03. The van der Waals surface area contributed by atoms with Crippen molar-refractivity contribution in [3.05, 3.63) is 106 Å². The van der Waals surface area contributed by atoms with Gasteiger partial charge in [-0.05, 0) is 67.9 Å². The van der Waals surface area contributed by atoms with E-state index in [1.54, 1.807) is 0 Å². The van der Waals surface area contributed by atoms with Crippen LogP contribution in [0.5, 0.6) is 11.5 Å². The van der Waals surface area contributed by atoms with E-state index in [0.717, 1.165) is 28.3 Å². The number of carbonyl (C=O) groups is 1. The lowest BCUT2D eigenvalue weighted by Gasteiger charge is -2.36. The molecule has 1 unspecified atom stereocenters. The molecule has 0 aliphatic carbocycles. The van der Waals surface area contributed by atoms with Gasteiger partial charge in [-0.15, -0.1) is 0 Å². The highest BCUT2D eigenvalue weighted by molar-refractivity contribution is 7.80. The third-order valence-corrected chi connectivity index (χ3v) is 6.42. The van der Waals surface area contributed by atoms with Gasteiger partial charge in [-0.2, -0.15) is 0 Å². The fourth-order valence-electron chi connectivity index (χ4n) is 3.81. The number of hydrogen-bond donors (Lipinski definition) is 1. The molecule has 0 bridgehead atoms. The van der Waals surface area contributed by atoms with Gasteiger partial charge in [0.05, 0.1) is 6.04 Å². The number of hydrogen-bond acceptors (Lipinski definition) is 3. The first-order chi connectivity index (χ1) is 15.4. The molecule has 1 aliphatic rings. The molecule has 0 fully saturated rings. The van der Waals surface area contributed by atoms with E-state index < -0.39 is 0 Å². The second-order valence-corrected chi connectivity index (χ2v) is 8.39. The summed E-state index contributed by atoms with van der Waals surface area (Å²) in [7, 11) is 1.88. The van der Waals surface area contributed by atoms with Gasteiger partial charge in [0.1, 0.15) is 11.5 Å². The molecular formula is C27H26N2O2S. The molecule has 1 N–H and O–H groups in total. The molecule has 1 aliphatic heterocycles. The summed E-state index contributed by atoms with van der Waals surface area (Å²) in [6.45, 7) is 6.06. The molecular weight excluding hydrogens is 416 g/mol. The predicted molar refractivity (Wildman–Crippen MR) is 132 cm³/mol. The first kappa shape index (κ1) is 21.8. The number of rotatable bonds is 5. The van der Waals surface area contributed by atoms with Crippen LogP contribution in [-0.2, 0) is 0 Å². The molecule has 0 aromatic heterocycles. The molecule has 0 saturated carbocycles. The van der Waals surface area contributed by atoms with Crippen molar-refractivity contribution in [1.29, 1.82) is 0 Å². The Balaban J connectivity index is 1.67. The second-order valence-electron chi connectivity index (χ2n) is 8.00. The standard InChI is InChI=1S/C27H26N2O2S/c1-17-9-8-12-23(18(17)2)31-22-15-13-20(14-16-22)25-24(19(3)29(4)27(32)28-25)26(30)21-10-6-5-7-11-21/h5-16,25H,1-4H3,(H,28,32). The van der Waals surface area contributed by atoms with Crippen molar-refractivity contribution >= 4 is 23.1 Å². The molecule has 0 saturated heterocycles. The average molecular weight is 443 g/mol. The second kappa shape index (κ2) is 8.97. The summed E-state index contributed by atoms with van der Waals surface area (Å²) in [5, 5.41) is 3.93. The molecule has 162 valence electrons. The summed E-state index contributed by atoms with van der Waals surface area (Å²) in [5.41, 5.74) is 5.46. The molecule has 0 amide bonds. The first-order valence-electron chi connectivity index (χ1n) is 10.6. The van der Waals surface area contributed by atoms with Gasteiger partial charge in [0.15, 0.2) is 10.9 Å². The van der Waals surface area contributed by atoms with Gasteiger partial charge in [-0.1, -0.05) is 54.6 Å². The Morgan fingerprint density at radius 3 is 2.31 bits per heavy atom. The van der Waals surface area contributed by atoms with E-state index in [-0.39, 0.29) is 11.8 Å². The van der Waals surface area contributed by atoms with Gasteiger partial charge in [0.25, 0.3) is 0 Å². The van der Waals surface area contributed by atoms with Crippen LogP contribution < -0.4 is 10.1 Å². The number of nitrogens with one attached hydrogen (secondary N) is 1. The summed E-state index contributed by atoms with van der Waals surface area (Å²) >= 11 is 5.52. The van der Waals surface area contributed by atoms with E-state index in [9.17, 15) is 4.79 Å². The average Bonchev–Trinajstić information content (AvgIpc) is 2.81. The zero-order chi connectivity index (χ0) is 22.8. The number of carbonyl (C=O) groups excluding carboxylic acids is 1. The number of ether oxygens (including phenoxy) is 1. The minimum Gasteiger partial charge on any atom is -0.457 e. The molecule has 5 heteroatoms. The number of Topliss-reactive ketones (excluding diaryl/α,β-unsaturated/α-hetero) is 1. The van der Waals surface area contributed by atoms with Crippen molar-refractivity contribution < 1.29 is 9.53 Å². The van der Waals surface area contributed by atoms with Crippen molar-refractivity contribution in [3.63, 3.8) is 0 Å². The Hall–Kier alpha value is -3.44. The number of ketones is 1. The maximum Gasteiger partial charge on any atom is 0.193 e. The molecule has 3 aromatic rings. The van der Waals surface area contributed by atoms with Crippen LogP contribution in [0.2, 0.25) is 0 Å². The summed E-state index contributed by atoms with van der Waals surface area (Å²) < 4.78 is 6.10. The summed E-state index contributed by atoms with van der Waals surface area (Å²) in [4.78, 5) is 15.3. The Kier molecular flexibility index (Phi) is 6.10. The SMILES string of the molecule is CC1=C(C(=O)c2ccccc2)C(c2ccc(Oc3cccc(C)c3C)cc2)NC(=S)N1C. The highest BCUT2D eigenvalue weighted by Crippen LogP contribution is 2.34. The number of thiocarbonyl (C=S) groups is 1. The lowest BCUT2D eigenvalue weighted by Crippen LogP contribution is -2.45. The molecule has 4 rings (SSSR count). The van der Waals surface area contributed by atoms with Crippen LogP contribution in [0.25, 0.3) is 0 Å². The zero-order valence-electron chi connectivity index (χ0n) is 18.7. The normalized spacial score (nSPS) is 16.1. The molecule has 3 aromatic carbocycles. The Morgan fingerprint density at radius 2 is 1.62 bits per heavy atom. The highest BCUT2D eigenvalue weighted by atomic mass is 32.1.